The number of pyridine rings is 1. The first-order chi connectivity index (χ1) is 15.2. The molecule has 1 aliphatic heterocycles. The van der Waals surface area contributed by atoms with E-state index in [1.807, 2.05) is 13.1 Å². The molecule has 4 rings (SSSR count). The van der Waals surface area contributed by atoms with Gasteiger partial charge >= 0.3 is 0 Å². The van der Waals surface area contributed by atoms with Crippen LogP contribution >= 0.6 is 0 Å². The predicted molar refractivity (Wildman–Crippen MR) is 112 cm³/mol. The molecule has 0 bridgehead atoms. The summed E-state index contributed by atoms with van der Waals surface area (Å²) in [5.74, 6) is -3.99. The fraction of sp³-hybridized carbons (Fsp3) is 0.348. The Balaban J connectivity index is 1.53. The Hall–Kier alpha value is -3.36. The summed E-state index contributed by atoms with van der Waals surface area (Å²) in [7, 11) is 1.80. The van der Waals surface area contributed by atoms with Crippen LogP contribution in [0, 0.1) is 12.7 Å². The van der Waals surface area contributed by atoms with E-state index in [1.165, 1.54) is 24.1 Å². The maximum atomic E-state index is 14.9. The lowest BCUT2D eigenvalue weighted by Gasteiger charge is -2.17. The van der Waals surface area contributed by atoms with E-state index in [4.69, 9.17) is 4.74 Å². The van der Waals surface area contributed by atoms with Gasteiger partial charge in [-0.3, -0.25) is 9.48 Å². The summed E-state index contributed by atoms with van der Waals surface area (Å²) >= 11 is 0. The maximum Gasteiger partial charge on any atom is 0.281 e. The smallest absolute Gasteiger partial charge is 0.281 e. The molecule has 0 radical (unpaired) electrons. The molecule has 2 aromatic heterocycles. The summed E-state index contributed by atoms with van der Waals surface area (Å²) in [6.07, 6.45) is 2.86. The van der Waals surface area contributed by atoms with Gasteiger partial charge in [0.2, 0.25) is 5.88 Å². The molecule has 32 heavy (non-hydrogen) atoms. The van der Waals surface area contributed by atoms with Crippen molar-refractivity contribution in [2.24, 2.45) is 7.05 Å². The highest BCUT2D eigenvalue weighted by Crippen LogP contribution is 2.32. The Morgan fingerprint density at radius 1 is 1.25 bits per heavy atom. The monoisotopic (exact) mass is 444 g/mol. The molecule has 0 saturated carbocycles. The fourth-order valence-electron chi connectivity index (χ4n) is 3.72. The second-order valence-electron chi connectivity index (χ2n) is 7.92. The number of hydrogen-bond acceptors (Lipinski definition) is 4. The van der Waals surface area contributed by atoms with Crippen LogP contribution in [-0.4, -0.2) is 38.1 Å². The number of aromatic nitrogens is 3. The van der Waals surface area contributed by atoms with Crippen molar-refractivity contribution in [2.45, 2.75) is 39.3 Å². The topological polar surface area (TPSA) is 60.2 Å². The third-order valence-electron chi connectivity index (χ3n) is 5.54. The van der Waals surface area contributed by atoms with Gasteiger partial charge < -0.3 is 9.64 Å². The van der Waals surface area contributed by atoms with E-state index in [1.54, 1.807) is 29.9 Å². The summed E-state index contributed by atoms with van der Waals surface area (Å²) in [6, 6.07) is 6.50. The number of aryl methyl sites for hydroxylation is 2. The Bertz CT molecular complexity index is 1180. The minimum Gasteiger partial charge on any atom is -0.471 e. The van der Waals surface area contributed by atoms with Crippen molar-refractivity contribution >= 4 is 5.91 Å². The maximum absolute atomic E-state index is 14.9. The first kappa shape index (κ1) is 21.9. The molecule has 0 aliphatic carbocycles. The van der Waals surface area contributed by atoms with Crippen LogP contribution < -0.4 is 4.74 Å². The number of rotatable bonds is 7. The molecule has 0 spiro atoms. The Labute approximate surface area is 183 Å². The van der Waals surface area contributed by atoms with Crippen LogP contribution in [0.15, 0.2) is 36.7 Å². The zero-order valence-corrected chi connectivity index (χ0v) is 18.0. The Morgan fingerprint density at radius 3 is 2.69 bits per heavy atom. The van der Waals surface area contributed by atoms with Crippen LogP contribution in [-0.2, 0) is 20.1 Å². The van der Waals surface area contributed by atoms with E-state index >= 15 is 0 Å². The van der Waals surface area contributed by atoms with Gasteiger partial charge in [-0.2, -0.15) is 5.10 Å². The van der Waals surface area contributed by atoms with Gasteiger partial charge in [0.25, 0.3) is 11.8 Å². The van der Waals surface area contributed by atoms with E-state index in [-0.39, 0.29) is 31.0 Å². The number of nitrogens with zero attached hydrogens (tertiary/aromatic N) is 4. The average Bonchev–Trinajstić information content (AvgIpc) is 3.26. The highest BCUT2D eigenvalue weighted by Gasteiger charge is 2.34. The van der Waals surface area contributed by atoms with Gasteiger partial charge in [-0.15, -0.1) is 0 Å². The van der Waals surface area contributed by atoms with Crippen LogP contribution in [0.1, 0.15) is 40.5 Å². The summed E-state index contributed by atoms with van der Waals surface area (Å²) < 4.78 is 48.9. The number of alkyl halides is 2. The minimum absolute atomic E-state index is 0.0379. The molecule has 9 heteroatoms. The molecule has 0 atom stereocenters. The molecule has 3 heterocycles. The summed E-state index contributed by atoms with van der Waals surface area (Å²) in [5, 5.41) is 4.28. The van der Waals surface area contributed by atoms with Crippen molar-refractivity contribution in [3.63, 3.8) is 0 Å². The van der Waals surface area contributed by atoms with Crippen LogP contribution in [0.5, 0.6) is 5.88 Å². The normalized spacial score (nSPS) is 13.6. The molecule has 0 fully saturated rings. The van der Waals surface area contributed by atoms with Crippen LogP contribution in [0.25, 0.3) is 11.1 Å². The number of amides is 1. The quantitative estimate of drug-likeness (QED) is 0.538. The van der Waals surface area contributed by atoms with Crippen LogP contribution in [0.2, 0.25) is 0 Å². The van der Waals surface area contributed by atoms with Crippen molar-refractivity contribution < 1.29 is 22.7 Å². The van der Waals surface area contributed by atoms with Crippen molar-refractivity contribution in [2.75, 3.05) is 6.61 Å². The number of carbonyl (C=O) groups excluding carboxylic acids is 1. The van der Waals surface area contributed by atoms with Crippen LogP contribution in [0.4, 0.5) is 13.2 Å². The predicted octanol–water partition coefficient (Wildman–Crippen LogP) is 4.51. The van der Waals surface area contributed by atoms with Crippen molar-refractivity contribution in [3.05, 3.63) is 64.9 Å². The zero-order valence-electron chi connectivity index (χ0n) is 18.0. The van der Waals surface area contributed by atoms with Gasteiger partial charge in [0, 0.05) is 50.1 Å². The third kappa shape index (κ3) is 4.19. The molecule has 6 nitrogen and oxygen atoms in total. The number of ether oxygens (including phenoxy) is 1. The lowest BCUT2D eigenvalue weighted by Crippen LogP contribution is -2.26. The lowest BCUT2D eigenvalue weighted by atomic mass is 10.0. The Morgan fingerprint density at radius 2 is 2.03 bits per heavy atom. The second kappa shape index (κ2) is 8.29. The molecule has 3 aromatic rings. The molecule has 0 saturated heterocycles. The highest BCUT2D eigenvalue weighted by molar-refractivity contribution is 6.00. The molecule has 1 amide bonds. The largest absolute Gasteiger partial charge is 0.471 e. The fourth-order valence-corrected chi connectivity index (χ4v) is 3.72. The van der Waals surface area contributed by atoms with E-state index in [2.05, 4.69) is 10.1 Å². The number of hydrogen-bond donors (Lipinski definition) is 0. The van der Waals surface area contributed by atoms with E-state index in [0.717, 1.165) is 11.3 Å². The highest BCUT2D eigenvalue weighted by atomic mass is 19.3. The Kier molecular flexibility index (Phi) is 5.66. The third-order valence-corrected chi connectivity index (χ3v) is 5.54. The summed E-state index contributed by atoms with van der Waals surface area (Å²) in [5.41, 5.74) is 3.44. The molecule has 0 unspecified atom stereocenters. The molecule has 0 N–H and O–H groups in total. The molecule has 1 aromatic carbocycles. The van der Waals surface area contributed by atoms with Crippen molar-refractivity contribution in [1.29, 1.82) is 0 Å². The molecular weight excluding hydrogens is 421 g/mol. The summed E-state index contributed by atoms with van der Waals surface area (Å²) in [4.78, 5) is 18.4. The van der Waals surface area contributed by atoms with Gasteiger partial charge in [-0.25, -0.2) is 18.2 Å². The van der Waals surface area contributed by atoms with E-state index in [0.29, 0.717) is 16.7 Å². The first-order valence-corrected chi connectivity index (χ1v) is 10.3. The lowest BCUT2D eigenvalue weighted by molar-refractivity contribution is -0.0449. The number of halogens is 3. The number of fused-ring (bicyclic) bond motifs is 1. The van der Waals surface area contributed by atoms with Gasteiger partial charge in [0.1, 0.15) is 11.4 Å². The van der Waals surface area contributed by atoms with Gasteiger partial charge in [0.15, 0.2) is 6.61 Å². The van der Waals surface area contributed by atoms with Gasteiger partial charge in [0.05, 0.1) is 5.69 Å². The first-order valence-electron chi connectivity index (χ1n) is 10.3. The molecule has 1 aliphatic rings. The standard InChI is InChI=1S/C23H23F3N4O2/c1-4-23(25,26)13-32-21-20-17(7-8-27-21)11-30(22(20)31)10-16-6-5-15(9-19(16)24)18-12-29(3)28-14(18)2/h5-9,12H,4,10-11,13H2,1-3H3. The molecule has 168 valence electrons. The van der Waals surface area contributed by atoms with Crippen LogP contribution in [0.3, 0.4) is 0 Å². The number of carbonyl (C=O) groups is 1. The SMILES string of the molecule is CCC(F)(F)COc1nccc2c1C(=O)N(Cc1ccc(-c3cn(C)nc3C)cc1F)C2. The van der Waals surface area contributed by atoms with E-state index < -0.39 is 24.3 Å². The zero-order chi connectivity index (χ0) is 23.0. The van der Waals surface area contributed by atoms with Crippen molar-refractivity contribution in [1.82, 2.24) is 19.7 Å². The second-order valence-corrected chi connectivity index (χ2v) is 7.92. The average molecular weight is 444 g/mol. The van der Waals surface area contributed by atoms with Crippen molar-refractivity contribution in [3.8, 4) is 17.0 Å². The number of benzene rings is 1. The van der Waals surface area contributed by atoms with Gasteiger partial charge in [-0.05, 0) is 30.2 Å². The van der Waals surface area contributed by atoms with E-state index in [9.17, 15) is 18.0 Å². The molecular formula is C23H23F3N4O2. The minimum atomic E-state index is -3.01. The summed E-state index contributed by atoms with van der Waals surface area (Å²) in [6.45, 7) is 2.61. The van der Waals surface area contributed by atoms with Gasteiger partial charge in [-0.1, -0.05) is 19.1 Å².